The average Bonchev–Trinajstić information content (AvgIpc) is 3.03. The Bertz CT molecular complexity index is 407. The number of ether oxygens (including phenoxy) is 2. The predicted octanol–water partition coefficient (Wildman–Crippen LogP) is 1.51. The second-order valence-electron chi connectivity index (χ2n) is 4.36. The zero-order valence-electron chi connectivity index (χ0n) is 9.92. The Morgan fingerprint density at radius 2 is 2.11 bits per heavy atom. The summed E-state index contributed by atoms with van der Waals surface area (Å²) in [6.45, 7) is 2.62. The van der Waals surface area contributed by atoms with Crippen molar-refractivity contribution < 1.29 is 14.3 Å². The molecule has 2 fully saturated rings. The van der Waals surface area contributed by atoms with Crippen LogP contribution in [0, 0.1) is 0 Å². The lowest BCUT2D eigenvalue weighted by Gasteiger charge is -2.37. The van der Waals surface area contributed by atoms with Crippen LogP contribution in [0.1, 0.15) is 12.8 Å². The molecule has 0 radical (unpaired) electrons. The van der Waals surface area contributed by atoms with Crippen molar-refractivity contribution >= 4 is 22.5 Å². The van der Waals surface area contributed by atoms with Gasteiger partial charge in [-0.05, 0) is 0 Å². The van der Waals surface area contributed by atoms with E-state index in [1.165, 1.54) is 11.3 Å². The van der Waals surface area contributed by atoms with E-state index in [1.807, 2.05) is 5.38 Å². The van der Waals surface area contributed by atoms with E-state index < -0.39 is 5.79 Å². The molecule has 0 aliphatic carbocycles. The number of thiazole rings is 1. The van der Waals surface area contributed by atoms with Crippen LogP contribution < -0.4 is 5.32 Å². The molecule has 98 valence electrons. The lowest BCUT2D eigenvalue weighted by molar-refractivity contribution is -0.181. The fraction of sp³-hybridized carbons (Fsp3) is 0.636. The number of nitrogens with one attached hydrogen (secondary N) is 1. The lowest BCUT2D eigenvalue weighted by Crippen LogP contribution is -2.48. The molecule has 1 spiro atoms. The zero-order valence-corrected chi connectivity index (χ0v) is 10.7. The molecule has 0 atom stereocenters. The monoisotopic (exact) mass is 269 g/mol. The topological polar surface area (TPSA) is 63.7 Å². The summed E-state index contributed by atoms with van der Waals surface area (Å²) in [7, 11) is 0. The second-order valence-corrected chi connectivity index (χ2v) is 5.26. The molecule has 3 rings (SSSR count). The van der Waals surface area contributed by atoms with Crippen LogP contribution in [0.4, 0.5) is 9.93 Å². The van der Waals surface area contributed by atoms with Gasteiger partial charge in [0.1, 0.15) is 0 Å². The van der Waals surface area contributed by atoms with E-state index >= 15 is 0 Å². The zero-order chi connectivity index (χ0) is 12.4. The van der Waals surface area contributed by atoms with Gasteiger partial charge in [0, 0.05) is 37.5 Å². The predicted molar refractivity (Wildman–Crippen MR) is 66.6 cm³/mol. The van der Waals surface area contributed by atoms with Crippen LogP contribution in [-0.2, 0) is 9.47 Å². The van der Waals surface area contributed by atoms with Crippen LogP contribution in [0.15, 0.2) is 11.6 Å². The highest BCUT2D eigenvalue weighted by Gasteiger charge is 2.40. The quantitative estimate of drug-likeness (QED) is 0.839. The molecule has 1 aromatic heterocycles. The molecule has 0 saturated carbocycles. The molecule has 2 aliphatic rings. The average molecular weight is 269 g/mol. The van der Waals surface area contributed by atoms with E-state index in [4.69, 9.17) is 9.47 Å². The normalized spacial score (nSPS) is 22.3. The second kappa shape index (κ2) is 4.83. The van der Waals surface area contributed by atoms with E-state index in [2.05, 4.69) is 10.3 Å². The fourth-order valence-corrected chi connectivity index (χ4v) is 2.81. The summed E-state index contributed by atoms with van der Waals surface area (Å²) in [6, 6.07) is -0.0993. The third-order valence-corrected chi connectivity index (χ3v) is 3.96. The Kier molecular flexibility index (Phi) is 3.19. The molecule has 7 heteroatoms. The lowest BCUT2D eigenvalue weighted by atomic mass is 10.0. The molecular formula is C11H15N3O3S. The van der Waals surface area contributed by atoms with Crippen LogP contribution in [0.2, 0.25) is 0 Å². The van der Waals surface area contributed by atoms with Crippen molar-refractivity contribution in [2.75, 3.05) is 31.6 Å². The van der Waals surface area contributed by atoms with Gasteiger partial charge in [-0.25, -0.2) is 9.78 Å². The van der Waals surface area contributed by atoms with Crippen LogP contribution in [-0.4, -0.2) is 48.0 Å². The Hall–Kier alpha value is -1.18. The van der Waals surface area contributed by atoms with Crippen molar-refractivity contribution in [3.8, 4) is 0 Å². The third-order valence-electron chi connectivity index (χ3n) is 3.27. The summed E-state index contributed by atoms with van der Waals surface area (Å²) in [6.07, 6.45) is 3.14. The number of amides is 2. The van der Waals surface area contributed by atoms with Crippen LogP contribution in [0.25, 0.3) is 0 Å². The van der Waals surface area contributed by atoms with Crippen LogP contribution in [0.3, 0.4) is 0 Å². The minimum atomic E-state index is -0.433. The molecule has 6 nitrogen and oxygen atoms in total. The number of piperidine rings is 1. The van der Waals surface area contributed by atoms with Gasteiger partial charge < -0.3 is 14.4 Å². The summed E-state index contributed by atoms with van der Waals surface area (Å²) in [5.41, 5.74) is 0. The number of carbonyl (C=O) groups excluding carboxylic acids is 1. The number of hydrogen-bond acceptors (Lipinski definition) is 5. The minimum absolute atomic E-state index is 0.0993. The van der Waals surface area contributed by atoms with Crippen LogP contribution in [0.5, 0.6) is 0 Å². The third kappa shape index (κ3) is 2.33. The standard InChI is InChI=1S/C11H15N3O3S/c15-10(13-9-12-3-8-18-9)14-4-1-11(2-5-14)16-6-7-17-11/h3,8H,1-2,4-7H2,(H,12,13,15). The SMILES string of the molecule is O=C(Nc1nccs1)N1CCC2(CC1)OCCO2. The molecule has 1 aromatic rings. The number of carbonyl (C=O) groups is 1. The van der Waals surface area contributed by atoms with E-state index in [1.54, 1.807) is 11.1 Å². The number of aromatic nitrogens is 1. The molecular weight excluding hydrogens is 254 g/mol. The summed E-state index contributed by atoms with van der Waals surface area (Å²) in [5, 5.41) is 5.25. The van der Waals surface area contributed by atoms with E-state index in [0.29, 0.717) is 31.4 Å². The number of likely N-dealkylation sites (tertiary alicyclic amines) is 1. The van der Waals surface area contributed by atoms with Gasteiger partial charge in [-0.15, -0.1) is 11.3 Å². The Balaban J connectivity index is 1.54. The van der Waals surface area contributed by atoms with Crippen molar-refractivity contribution in [3.63, 3.8) is 0 Å². The number of nitrogens with zero attached hydrogens (tertiary/aromatic N) is 2. The van der Waals surface area contributed by atoms with Gasteiger partial charge in [0.15, 0.2) is 10.9 Å². The number of hydrogen-bond donors (Lipinski definition) is 1. The summed E-state index contributed by atoms with van der Waals surface area (Å²) >= 11 is 1.41. The first kappa shape index (κ1) is 11.9. The van der Waals surface area contributed by atoms with E-state index in [9.17, 15) is 4.79 Å². The number of anilines is 1. The maximum Gasteiger partial charge on any atom is 0.323 e. The van der Waals surface area contributed by atoms with Gasteiger partial charge >= 0.3 is 6.03 Å². The van der Waals surface area contributed by atoms with Crippen molar-refractivity contribution in [1.29, 1.82) is 0 Å². The highest BCUT2D eigenvalue weighted by Crippen LogP contribution is 2.31. The first-order chi connectivity index (χ1) is 8.77. The van der Waals surface area contributed by atoms with Crippen molar-refractivity contribution in [1.82, 2.24) is 9.88 Å². The minimum Gasteiger partial charge on any atom is -0.347 e. The largest absolute Gasteiger partial charge is 0.347 e. The molecule has 0 unspecified atom stereocenters. The summed E-state index contributed by atoms with van der Waals surface area (Å²) in [5.74, 6) is -0.433. The van der Waals surface area contributed by atoms with Gasteiger partial charge in [-0.1, -0.05) is 0 Å². The fourth-order valence-electron chi connectivity index (χ4n) is 2.29. The first-order valence-corrected chi connectivity index (χ1v) is 6.89. The smallest absolute Gasteiger partial charge is 0.323 e. The van der Waals surface area contributed by atoms with Crippen molar-refractivity contribution in [2.45, 2.75) is 18.6 Å². The van der Waals surface area contributed by atoms with Crippen molar-refractivity contribution in [3.05, 3.63) is 11.6 Å². The first-order valence-electron chi connectivity index (χ1n) is 6.01. The van der Waals surface area contributed by atoms with Crippen molar-refractivity contribution in [2.24, 2.45) is 0 Å². The maximum atomic E-state index is 12.0. The molecule has 2 aliphatic heterocycles. The van der Waals surface area contributed by atoms with Gasteiger partial charge in [0.25, 0.3) is 0 Å². The Morgan fingerprint density at radius 1 is 1.39 bits per heavy atom. The maximum absolute atomic E-state index is 12.0. The highest BCUT2D eigenvalue weighted by atomic mass is 32.1. The Labute approximate surface area is 109 Å². The molecule has 0 bridgehead atoms. The van der Waals surface area contributed by atoms with E-state index in [-0.39, 0.29) is 6.03 Å². The molecule has 18 heavy (non-hydrogen) atoms. The van der Waals surface area contributed by atoms with Gasteiger partial charge in [-0.2, -0.15) is 0 Å². The number of rotatable bonds is 1. The van der Waals surface area contributed by atoms with E-state index in [0.717, 1.165) is 12.8 Å². The van der Waals surface area contributed by atoms with Gasteiger partial charge in [0.2, 0.25) is 0 Å². The summed E-state index contributed by atoms with van der Waals surface area (Å²) in [4.78, 5) is 17.8. The summed E-state index contributed by atoms with van der Waals surface area (Å²) < 4.78 is 11.2. The number of urea groups is 1. The highest BCUT2D eigenvalue weighted by molar-refractivity contribution is 7.13. The Morgan fingerprint density at radius 3 is 2.72 bits per heavy atom. The van der Waals surface area contributed by atoms with Gasteiger partial charge in [-0.3, -0.25) is 5.32 Å². The molecule has 1 N–H and O–H groups in total. The molecule has 2 saturated heterocycles. The van der Waals surface area contributed by atoms with Gasteiger partial charge in [0.05, 0.1) is 13.2 Å². The molecule has 3 heterocycles. The van der Waals surface area contributed by atoms with Crippen LogP contribution >= 0.6 is 11.3 Å². The molecule has 2 amide bonds. The molecule has 0 aromatic carbocycles.